The zero-order valence-corrected chi connectivity index (χ0v) is 6.76. The van der Waals surface area contributed by atoms with E-state index >= 15 is 0 Å². The van der Waals surface area contributed by atoms with Crippen LogP contribution in [0.2, 0.25) is 0 Å². The summed E-state index contributed by atoms with van der Waals surface area (Å²) in [7, 11) is -1.10. The van der Waals surface area contributed by atoms with Crippen LogP contribution in [0.3, 0.4) is 0 Å². The van der Waals surface area contributed by atoms with Crippen LogP contribution in [0.4, 0.5) is 0 Å². The highest BCUT2D eigenvalue weighted by Gasteiger charge is 1.98. The van der Waals surface area contributed by atoms with Gasteiger partial charge in [-0.05, 0) is 12.1 Å². The Hall–Kier alpha value is -1.21. The minimum Gasteiger partial charge on any atom is -0.253 e. The summed E-state index contributed by atoms with van der Waals surface area (Å²) in [5.41, 5.74) is 0.303. The molecule has 0 bridgehead atoms. The number of nitrogens with zero attached hydrogens (tertiary/aromatic N) is 2. The Balaban J connectivity index is 3.13. The summed E-state index contributed by atoms with van der Waals surface area (Å²) in [5, 5.41) is 8.88. The van der Waals surface area contributed by atoms with E-state index in [-0.39, 0.29) is 0 Å². The largest absolute Gasteiger partial charge is 0.253 e. The highest BCUT2D eigenvalue weighted by atomic mass is 32.2. The first-order valence-corrected chi connectivity index (χ1v) is 4.50. The minimum absolute atomic E-state index is 0.303. The van der Waals surface area contributed by atoms with Crippen LogP contribution in [0.1, 0.15) is 5.69 Å². The van der Waals surface area contributed by atoms with Crippen molar-refractivity contribution in [2.75, 3.05) is 6.26 Å². The molecule has 0 N–H and O–H groups in total. The fraction of sp³-hybridized carbons (Fsp3) is 0.143. The van der Waals surface area contributed by atoms with Gasteiger partial charge in [-0.1, -0.05) is 6.07 Å². The maximum atomic E-state index is 10.9. The number of hydrogen-bond acceptors (Lipinski definition) is 3. The average molecular weight is 166 g/mol. The summed E-state index contributed by atoms with van der Waals surface area (Å²) in [4.78, 5) is 3.83. The molecular weight excluding hydrogens is 160 g/mol. The lowest BCUT2D eigenvalue weighted by Gasteiger charge is -1.93. The van der Waals surface area contributed by atoms with Gasteiger partial charge in [0.25, 0.3) is 0 Å². The Kier molecular flexibility index (Phi) is 2.34. The quantitative estimate of drug-likeness (QED) is 0.616. The summed E-state index contributed by atoms with van der Waals surface area (Å²) in [6.45, 7) is 0. The second-order valence-electron chi connectivity index (χ2n) is 1.93. The maximum Gasteiger partial charge on any atom is 0.141 e. The molecule has 0 saturated heterocycles. The third kappa shape index (κ3) is 1.85. The predicted octanol–water partition coefficient (Wildman–Crippen LogP) is 0.691. The smallest absolute Gasteiger partial charge is 0.141 e. The Morgan fingerprint density at radius 2 is 2.36 bits per heavy atom. The summed E-state index contributed by atoms with van der Waals surface area (Å²) in [6.07, 6.45) is 1.53. The summed E-state index contributed by atoms with van der Waals surface area (Å²) >= 11 is 0. The third-order valence-corrected chi connectivity index (χ3v) is 1.95. The van der Waals surface area contributed by atoms with Crippen LogP contribution >= 0.6 is 0 Å². The standard InChI is InChI=1S/C7H6N2OS/c1-11(10)7-4-2-3-6(5-8)9-7/h2-4H,1H3. The second-order valence-corrected chi connectivity index (χ2v) is 3.25. The van der Waals surface area contributed by atoms with Gasteiger partial charge >= 0.3 is 0 Å². The topological polar surface area (TPSA) is 53.8 Å². The Labute approximate surface area is 67.1 Å². The number of rotatable bonds is 1. The van der Waals surface area contributed by atoms with E-state index in [4.69, 9.17) is 5.26 Å². The molecule has 1 unspecified atom stereocenters. The van der Waals surface area contributed by atoms with Crippen molar-refractivity contribution >= 4 is 10.8 Å². The molecule has 1 heterocycles. The van der Waals surface area contributed by atoms with Gasteiger partial charge in [0, 0.05) is 6.26 Å². The molecule has 3 nitrogen and oxygen atoms in total. The van der Waals surface area contributed by atoms with Gasteiger partial charge in [0.1, 0.15) is 16.8 Å². The van der Waals surface area contributed by atoms with Gasteiger partial charge < -0.3 is 0 Å². The van der Waals surface area contributed by atoms with Crippen LogP contribution in [0.25, 0.3) is 0 Å². The van der Waals surface area contributed by atoms with Crippen molar-refractivity contribution in [2.24, 2.45) is 0 Å². The molecule has 0 saturated carbocycles. The fourth-order valence-electron chi connectivity index (χ4n) is 0.637. The molecule has 0 amide bonds. The van der Waals surface area contributed by atoms with Crippen LogP contribution in [0.15, 0.2) is 23.2 Å². The monoisotopic (exact) mass is 166 g/mol. The van der Waals surface area contributed by atoms with Crippen molar-refractivity contribution in [3.63, 3.8) is 0 Å². The van der Waals surface area contributed by atoms with E-state index in [0.29, 0.717) is 10.7 Å². The van der Waals surface area contributed by atoms with Crippen molar-refractivity contribution in [1.29, 1.82) is 5.26 Å². The molecule has 1 rings (SSSR count). The fourth-order valence-corrected chi connectivity index (χ4v) is 1.13. The highest BCUT2D eigenvalue weighted by Crippen LogP contribution is 2.01. The normalized spacial score (nSPS) is 12.0. The molecule has 0 aliphatic heterocycles. The number of pyridine rings is 1. The van der Waals surface area contributed by atoms with E-state index < -0.39 is 10.8 Å². The number of nitriles is 1. The van der Waals surface area contributed by atoms with Crippen LogP contribution in [-0.2, 0) is 10.8 Å². The van der Waals surface area contributed by atoms with E-state index in [1.807, 2.05) is 6.07 Å². The lowest BCUT2D eigenvalue weighted by Crippen LogP contribution is -1.93. The van der Waals surface area contributed by atoms with Crippen molar-refractivity contribution in [3.8, 4) is 6.07 Å². The molecule has 0 radical (unpaired) electrons. The average Bonchev–Trinajstić information content (AvgIpc) is 2.05. The van der Waals surface area contributed by atoms with Crippen molar-refractivity contribution in [2.45, 2.75) is 5.03 Å². The summed E-state index contributed by atoms with van der Waals surface area (Å²) < 4.78 is 10.9. The summed E-state index contributed by atoms with van der Waals surface area (Å²) in [5.74, 6) is 0. The molecule has 0 aliphatic rings. The SMILES string of the molecule is CS(=O)c1cccc(C#N)n1. The number of hydrogen-bond donors (Lipinski definition) is 0. The molecule has 56 valence electrons. The zero-order chi connectivity index (χ0) is 8.27. The van der Waals surface area contributed by atoms with Gasteiger partial charge in [-0.25, -0.2) is 4.98 Å². The third-order valence-electron chi connectivity index (χ3n) is 1.13. The van der Waals surface area contributed by atoms with E-state index in [1.54, 1.807) is 18.2 Å². The molecule has 0 aromatic carbocycles. The minimum atomic E-state index is -1.10. The van der Waals surface area contributed by atoms with Crippen LogP contribution in [0, 0.1) is 11.3 Å². The van der Waals surface area contributed by atoms with Crippen molar-refractivity contribution in [3.05, 3.63) is 23.9 Å². The Morgan fingerprint density at radius 1 is 1.64 bits per heavy atom. The first kappa shape index (κ1) is 7.89. The first-order valence-electron chi connectivity index (χ1n) is 2.94. The Bertz CT molecular complexity index is 329. The van der Waals surface area contributed by atoms with Gasteiger partial charge in [0.05, 0.1) is 10.8 Å². The van der Waals surface area contributed by atoms with E-state index in [9.17, 15) is 4.21 Å². The predicted molar refractivity (Wildman–Crippen MR) is 41.3 cm³/mol. The van der Waals surface area contributed by atoms with Crippen LogP contribution in [0.5, 0.6) is 0 Å². The Morgan fingerprint density at radius 3 is 2.91 bits per heavy atom. The molecule has 11 heavy (non-hydrogen) atoms. The first-order chi connectivity index (χ1) is 5.24. The van der Waals surface area contributed by atoms with Crippen LogP contribution in [-0.4, -0.2) is 15.4 Å². The zero-order valence-electron chi connectivity index (χ0n) is 5.94. The lowest BCUT2D eigenvalue weighted by atomic mass is 10.4. The molecule has 0 fully saturated rings. The highest BCUT2D eigenvalue weighted by molar-refractivity contribution is 7.84. The molecule has 0 spiro atoms. The molecule has 1 aromatic rings. The van der Waals surface area contributed by atoms with Crippen LogP contribution < -0.4 is 0 Å². The molecule has 1 aromatic heterocycles. The van der Waals surface area contributed by atoms with Gasteiger partial charge in [0.15, 0.2) is 0 Å². The van der Waals surface area contributed by atoms with E-state index in [2.05, 4.69) is 4.98 Å². The lowest BCUT2D eigenvalue weighted by molar-refractivity contribution is 0.684. The van der Waals surface area contributed by atoms with Crippen molar-refractivity contribution < 1.29 is 4.21 Å². The second kappa shape index (κ2) is 3.26. The summed E-state index contributed by atoms with van der Waals surface area (Å²) in [6, 6.07) is 6.76. The van der Waals surface area contributed by atoms with Gasteiger partial charge in [0.2, 0.25) is 0 Å². The van der Waals surface area contributed by atoms with Gasteiger partial charge in [-0.2, -0.15) is 5.26 Å². The van der Waals surface area contributed by atoms with Crippen molar-refractivity contribution in [1.82, 2.24) is 4.98 Å². The van der Waals surface area contributed by atoms with E-state index in [1.165, 1.54) is 6.26 Å². The van der Waals surface area contributed by atoms with E-state index in [0.717, 1.165) is 0 Å². The molecular formula is C7H6N2OS. The van der Waals surface area contributed by atoms with Gasteiger partial charge in [-0.3, -0.25) is 4.21 Å². The number of aromatic nitrogens is 1. The maximum absolute atomic E-state index is 10.9. The molecule has 0 aliphatic carbocycles. The molecule has 1 atom stereocenters. The molecule has 4 heteroatoms. The van der Waals surface area contributed by atoms with Gasteiger partial charge in [-0.15, -0.1) is 0 Å².